The van der Waals surface area contributed by atoms with Gasteiger partial charge in [0.2, 0.25) is 0 Å². The summed E-state index contributed by atoms with van der Waals surface area (Å²) in [5.74, 6) is 1.16. The molecule has 0 heterocycles. The van der Waals surface area contributed by atoms with E-state index in [1.165, 1.54) is 32.0 Å². The van der Waals surface area contributed by atoms with Gasteiger partial charge in [0.15, 0.2) is 11.5 Å². The maximum absolute atomic E-state index is 11.1. The minimum absolute atomic E-state index is 0.0340. The van der Waals surface area contributed by atoms with Gasteiger partial charge in [-0.05, 0) is 6.07 Å². The molecule has 1 rings (SSSR count). The normalized spacial score (nSPS) is 9.91. The predicted octanol–water partition coefficient (Wildman–Crippen LogP) is 2.57. The molecule has 0 fully saturated rings. The molecule has 0 atom stereocenters. The molecule has 1 aromatic carbocycles. The number of methoxy groups -OCH3 is 2. The first-order chi connectivity index (χ1) is 10.5. The monoisotopic (exact) mass is 327 g/mol. The number of carbonyl (C=O) groups excluding carboxylic acids is 1. The van der Waals surface area contributed by atoms with Crippen LogP contribution in [0.5, 0.6) is 11.5 Å². The molecule has 120 valence electrons. The van der Waals surface area contributed by atoms with E-state index in [2.05, 4.69) is 6.58 Å². The molecule has 8 heteroatoms. The third-order valence-electron chi connectivity index (χ3n) is 2.68. The lowest BCUT2D eigenvalue weighted by Crippen LogP contribution is -2.04. The fourth-order valence-electron chi connectivity index (χ4n) is 1.64. The van der Waals surface area contributed by atoms with E-state index in [0.29, 0.717) is 28.6 Å². The van der Waals surface area contributed by atoms with Crippen molar-refractivity contribution in [1.82, 2.24) is 0 Å². The predicted molar refractivity (Wildman–Crippen MR) is 83.5 cm³/mol. The number of hydrogen-bond acceptors (Lipinski definition) is 7. The minimum atomic E-state index is -0.488. The van der Waals surface area contributed by atoms with Crippen LogP contribution in [0.3, 0.4) is 0 Å². The molecular formula is C14H17NO6S. The van der Waals surface area contributed by atoms with Crippen molar-refractivity contribution in [3.8, 4) is 11.5 Å². The van der Waals surface area contributed by atoms with Crippen LogP contribution in [0, 0.1) is 10.1 Å². The first-order valence-corrected chi connectivity index (χ1v) is 7.45. The third kappa shape index (κ3) is 4.96. The molecule has 0 N–H and O–H groups in total. The van der Waals surface area contributed by atoms with Crippen molar-refractivity contribution in [1.29, 1.82) is 0 Å². The Morgan fingerprint density at radius 2 is 2.00 bits per heavy atom. The van der Waals surface area contributed by atoms with Crippen molar-refractivity contribution in [2.75, 3.05) is 26.6 Å². The molecule has 22 heavy (non-hydrogen) atoms. The van der Waals surface area contributed by atoms with Crippen LogP contribution in [0.25, 0.3) is 0 Å². The average molecular weight is 327 g/mol. The van der Waals surface area contributed by atoms with Crippen molar-refractivity contribution >= 4 is 23.4 Å². The lowest BCUT2D eigenvalue weighted by molar-refractivity contribution is -0.385. The molecule has 0 saturated heterocycles. The van der Waals surface area contributed by atoms with Crippen LogP contribution in [0.2, 0.25) is 0 Å². The zero-order chi connectivity index (χ0) is 16.5. The van der Waals surface area contributed by atoms with Gasteiger partial charge in [0.25, 0.3) is 5.69 Å². The second kappa shape index (κ2) is 8.93. The molecule has 0 unspecified atom stereocenters. The van der Waals surface area contributed by atoms with Crippen molar-refractivity contribution in [3.05, 3.63) is 40.5 Å². The van der Waals surface area contributed by atoms with E-state index < -0.39 is 10.9 Å². The molecule has 0 aromatic heterocycles. The van der Waals surface area contributed by atoms with Gasteiger partial charge < -0.3 is 14.2 Å². The first kappa shape index (κ1) is 17.8. The zero-order valence-electron chi connectivity index (χ0n) is 12.4. The Kier molecular flexibility index (Phi) is 7.24. The maximum Gasteiger partial charge on any atom is 0.330 e. The number of thioether (sulfide) groups is 1. The first-order valence-electron chi connectivity index (χ1n) is 6.29. The van der Waals surface area contributed by atoms with Crippen LogP contribution < -0.4 is 9.47 Å². The second-order valence-corrected chi connectivity index (χ2v) is 5.12. The maximum atomic E-state index is 11.1. The lowest BCUT2D eigenvalue weighted by atomic mass is 10.2. The topological polar surface area (TPSA) is 87.9 Å². The van der Waals surface area contributed by atoms with E-state index in [0.717, 1.165) is 6.08 Å². The van der Waals surface area contributed by atoms with E-state index >= 15 is 0 Å². The Morgan fingerprint density at radius 3 is 2.55 bits per heavy atom. The fraction of sp³-hybridized carbons (Fsp3) is 0.357. The highest BCUT2D eigenvalue weighted by Gasteiger charge is 2.19. The highest BCUT2D eigenvalue weighted by atomic mass is 32.2. The Hall–Kier alpha value is -2.22. The molecule has 1 aromatic rings. The third-order valence-corrected chi connectivity index (χ3v) is 3.65. The summed E-state index contributed by atoms with van der Waals surface area (Å²) in [5.41, 5.74) is 0.482. The summed E-state index contributed by atoms with van der Waals surface area (Å²) in [6.07, 6.45) is 1.09. The van der Waals surface area contributed by atoms with E-state index in [-0.39, 0.29) is 12.3 Å². The van der Waals surface area contributed by atoms with Gasteiger partial charge in [-0.1, -0.05) is 6.58 Å². The summed E-state index contributed by atoms with van der Waals surface area (Å²) < 4.78 is 15.0. The molecule has 0 bridgehead atoms. The summed E-state index contributed by atoms with van der Waals surface area (Å²) in [4.78, 5) is 21.5. The number of carbonyl (C=O) groups is 1. The number of nitro groups is 1. The quantitative estimate of drug-likeness (QED) is 0.226. The summed E-state index contributed by atoms with van der Waals surface area (Å²) in [6, 6.07) is 2.92. The van der Waals surface area contributed by atoms with Gasteiger partial charge in [-0.25, -0.2) is 4.79 Å². The van der Waals surface area contributed by atoms with Crippen LogP contribution >= 0.6 is 11.8 Å². The molecule has 0 saturated carbocycles. The molecule has 0 aliphatic rings. The zero-order valence-corrected chi connectivity index (χ0v) is 13.2. The van der Waals surface area contributed by atoms with E-state index in [1.54, 1.807) is 6.07 Å². The number of nitro benzene ring substituents is 1. The Morgan fingerprint density at radius 1 is 1.36 bits per heavy atom. The molecule has 0 aliphatic heterocycles. The smallest absolute Gasteiger partial charge is 0.330 e. The van der Waals surface area contributed by atoms with E-state index in [9.17, 15) is 14.9 Å². The van der Waals surface area contributed by atoms with Crippen LogP contribution in [0.15, 0.2) is 24.8 Å². The number of rotatable bonds is 9. The van der Waals surface area contributed by atoms with Gasteiger partial charge in [-0.2, -0.15) is 11.8 Å². The SMILES string of the molecule is C=CC(=O)OCCSCc1cc(OC)c(OC)cc1[N+](=O)[O-]. The number of benzene rings is 1. The van der Waals surface area contributed by atoms with Gasteiger partial charge in [0.05, 0.1) is 25.2 Å². The van der Waals surface area contributed by atoms with Crippen LogP contribution in [0.4, 0.5) is 5.69 Å². The molecule has 0 radical (unpaired) electrons. The Balaban J connectivity index is 2.74. The Labute approximate surface area is 132 Å². The van der Waals surface area contributed by atoms with Crippen LogP contribution in [-0.4, -0.2) is 37.5 Å². The molecule has 7 nitrogen and oxygen atoms in total. The number of nitrogens with zero attached hydrogens (tertiary/aromatic N) is 1. The summed E-state index contributed by atoms with van der Waals surface area (Å²) >= 11 is 1.41. The molecule has 0 spiro atoms. The highest BCUT2D eigenvalue weighted by molar-refractivity contribution is 7.98. The summed E-state index contributed by atoms with van der Waals surface area (Å²) in [5, 5.41) is 11.1. The molecule has 0 amide bonds. The number of hydrogen-bond donors (Lipinski definition) is 0. The largest absolute Gasteiger partial charge is 0.493 e. The lowest BCUT2D eigenvalue weighted by Gasteiger charge is -2.10. The van der Waals surface area contributed by atoms with Crippen molar-refractivity contribution < 1.29 is 23.9 Å². The summed E-state index contributed by atoms with van der Waals surface area (Å²) in [6.45, 7) is 3.51. The van der Waals surface area contributed by atoms with E-state index in [1.807, 2.05) is 0 Å². The highest BCUT2D eigenvalue weighted by Crippen LogP contribution is 2.36. The average Bonchev–Trinajstić information content (AvgIpc) is 2.53. The number of ether oxygens (including phenoxy) is 3. The standard InChI is InChI=1S/C14H17NO6S/c1-4-14(16)21-5-6-22-9-10-7-12(19-2)13(20-3)8-11(10)15(17)18/h4,7-8H,1,5-6,9H2,2-3H3. The van der Waals surface area contributed by atoms with Gasteiger partial charge in [0, 0.05) is 23.1 Å². The van der Waals surface area contributed by atoms with Gasteiger partial charge in [-0.3, -0.25) is 10.1 Å². The van der Waals surface area contributed by atoms with Crippen molar-refractivity contribution in [2.45, 2.75) is 5.75 Å². The second-order valence-electron chi connectivity index (χ2n) is 4.02. The Bertz CT molecular complexity index is 561. The minimum Gasteiger partial charge on any atom is -0.493 e. The fourth-order valence-corrected chi connectivity index (χ4v) is 2.43. The number of esters is 1. The van der Waals surface area contributed by atoms with Gasteiger partial charge in [0.1, 0.15) is 6.61 Å². The van der Waals surface area contributed by atoms with E-state index in [4.69, 9.17) is 14.2 Å². The van der Waals surface area contributed by atoms with Crippen molar-refractivity contribution in [2.24, 2.45) is 0 Å². The van der Waals surface area contributed by atoms with Gasteiger partial charge >= 0.3 is 5.97 Å². The van der Waals surface area contributed by atoms with Crippen molar-refractivity contribution in [3.63, 3.8) is 0 Å². The molecular weight excluding hydrogens is 310 g/mol. The van der Waals surface area contributed by atoms with Crippen LogP contribution in [-0.2, 0) is 15.3 Å². The summed E-state index contributed by atoms with van der Waals surface area (Å²) in [7, 11) is 2.89. The van der Waals surface area contributed by atoms with Crippen LogP contribution in [0.1, 0.15) is 5.56 Å². The van der Waals surface area contributed by atoms with Gasteiger partial charge in [-0.15, -0.1) is 0 Å². The molecule has 0 aliphatic carbocycles.